The lowest BCUT2D eigenvalue weighted by Crippen LogP contribution is -2.21. The molecule has 1 unspecified atom stereocenters. The quantitative estimate of drug-likeness (QED) is 0.345. The Kier molecular flexibility index (Phi) is 6.97. The molecule has 33 heavy (non-hydrogen) atoms. The van der Waals surface area contributed by atoms with Gasteiger partial charge in [0.2, 0.25) is 0 Å². The standard InChI is InChI=1S/C27H26FNO4/c1-6-7-11-23(16(3)27(31)32)29-18(5)21-12-15(2)13-22-24(30)17(4)25(33-26(21)22)19-9-8-10-20(28)14-19/h6-14,18,29H,1H2,2-5H3,(H,31,32)/b11-7-,23-16-. The Morgan fingerprint density at radius 2 is 1.97 bits per heavy atom. The second kappa shape index (κ2) is 9.69. The van der Waals surface area contributed by atoms with Crippen LogP contribution in [0.2, 0.25) is 0 Å². The molecular weight excluding hydrogens is 421 g/mol. The molecule has 0 aliphatic rings. The smallest absolute Gasteiger partial charge is 0.333 e. The van der Waals surface area contributed by atoms with E-state index in [4.69, 9.17) is 4.42 Å². The first-order valence-electron chi connectivity index (χ1n) is 10.5. The van der Waals surface area contributed by atoms with E-state index in [0.29, 0.717) is 39.1 Å². The molecule has 0 aliphatic carbocycles. The molecule has 0 fully saturated rings. The molecule has 0 bridgehead atoms. The summed E-state index contributed by atoms with van der Waals surface area (Å²) in [5, 5.41) is 13.1. The van der Waals surface area contributed by atoms with Gasteiger partial charge in [-0.25, -0.2) is 9.18 Å². The third kappa shape index (κ3) is 4.95. The van der Waals surface area contributed by atoms with Crippen molar-refractivity contribution < 1.29 is 18.7 Å². The number of allylic oxidation sites excluding steroid dienone is 3. The highest BCUT2D eigenvalue weighted by molar-refractivity contribution is 5.87. The monoisotopic (exact) mass is 447 g/mol. The molecular formula is C27H26FNO4. The van der Waals surface area contributed by atoms with Gasteiger partial charge < -0.3 is 14.8 Å². The number of carboxylic acids is 1. The molecule has 3 rings (SSSR count). The van der Waals surface area contributed by atoms with Crippen molar-refractivity contribution in [3.63, 3.8) is 0 Å². The van der Waals surface area contributed by atoms with Gasteiger partial charge in [-0.05, 0) is 57.5 Å². The molecule has 0 radical (unpaired) electrons. The minimum atomic E-state index is -1.05. The summed E-state index contributed by atoms with van der Waals surface area (Å²) in [6, 6.07) is 9.14. The van der Waals surface area contributed by atoms with Crippen molar-refractivity contribution in [1.29, 1.82) is 0 Å². The predicted octanol–water partition coefficient (Wildman–Crippen LogP) is 5.97. The fraction of sp³-hybridized carbons (Fsp3) is 0.185. The number of carbonyl (C=O) groups is 1. The average molecular weight is 448 g/mol. The summed E-state index contributed by atoms with van der Waals surface area (Å²) in [5.41, 5.74) is 3.11. The summed E-state index contributed by atoms with van der Waals surface area (Å²) in [6.07, 6.45) is 4.82. The molecule has 6 heteroatoms. The zero-order valence-electron chi connectivity index (χ0n) is 19.0. The van der Waals surface area contributed by atoms with Gasteiger partial charge in [-0.3, -0.25) is 4.79 Å². The largest absolute Gasteiger partial charge is 0.478 e. The van der Waals surface area contributed by atoms with Crippen LogP contribution in [0.1, 0.15) is 36.6 Å². The highest BCUT2D eigenvalue weighted by atomic mass is 19.1. The number of fused-ring (bicyclic) bond motifs is 1. The van der Waals surface area contributed by atoms with Gasteiger partial charge in [0.25, 0.3) is 0 Å². The van der Waals surface area contributed by atoms with Gasteiger partial charge in [0, 0.05) is 22.4 Å². The normalized spacial score (nSPS) is 13.1. The van der Waals surface area contributed by atoms with E-state index in [1.54, 1.807) is 43.4 Å². The molecule has 2 aromatic carbocycles. The van der Waals surface area contributed by atoms with Crippen LogP contribution in [0, 0.1) is 19.7 Å². The van der Waals surface area contributed by atoms with Crippen molar-refractivity contribution in [3.8, 4) is 11.3 Å². The van der Waals surface area contributed by atoms with E-state index in [-0.39, 0.29) is 11.0 Å². The second-order valence-electron chi connectivity index (χ2n) is 7.93. The van der Waals surface area contributed by atoms with Gasteiger partial charge in [0.15, 0.2) is 5.43 Å². The summed E-state index contributed by atoms with van der Waals surface area (Å²) >= 11 is 0. The Morgan fingerprint density at radius 3 is 2.61 bits per heavy atom. The lowest BCUT2D eigenvalue weighted by Gasteiger charge is -2.20. The molecule has 0 saturated heterocycles. The lowest BCUT2D eigenvalue weighted by molar-refractivity contribution is -0.132. The van der Waals surface area contributed by atoms with Crippen LogP contribution in [-0.4, -0.2) is 11.1 Å². The minimum Gasteiger partial charge on any atom is -0.478 e. The number of aliphatic carboxylic acids is 1. The fourth-order valence-corrected chi connectivity index (χ4v) is 3.67. The van der Waals surface area contributed by atoms with Gasteiger partial charge in [0.05, 0.1) is 17.0 Å². The summed E-state index contributed by atoms with van der Waals surface area (Å²) in [4.78, 5) is 24.8. The highest BCUT2D eigenvalue weighted by Gasteiger charge is 2.20. The topological polar surface area (TPSA) is 79.5 Å². The first kappa shape index (κ1) is 23.7. The van der Waals surface area contributed by atoms with Crippen molar-refractivity contribution in [2.45, 2.75) is 33.7 Å². The Balaban J connectivity index is 2.23. The maximum atomic E-state index is 13.8. The number of hydrogen-bond acceptors (Lipinski definition) is 4. The molecule has 5 nitrogen and oxygen atoms in total. The van der Waals surface area contributed by atoms with E-state index in [0.717, 1.165) is 5.56 Å². The van der Waals surface area contributed by atoms with Crippen LogP contribution < -0.4 is 10.7 Å². The van der Waals surface area contributed by atoms with Crippen LogP contribution in [0.3, 0.4) is 0 Å². The molecule has 1 atom stereocenters. The van der Waals surface area contributed by atoms with Gasteiger partial charge in [-0.15, -0.1) is 0 Å². The van der Waals surface area contributed by atoms with Crippen molar-refractivity contribution in [1.82, 2.24) is 5.32 Å². The van der Waals surface area contributed by atoms with Crippen LogP contribution in [0.25, 0.3) is 22.3 Å². The molecule has 170 valence electrons. The highest BCUT2D eigenvalue weighted by Crippen LogP contribution is 2.31. The number of hydrogen-bond donors (Lipinski definition) is 2. The maximum absolute atomic E-state index is 13.8. The number of aryl methyl sites for hydroxylation is 1. The third-order valence-electron chi connectivity index (χ3n) is 5.44. The van der Waals surface area contributed by atoms with Crippen molar-refractivity contribution in [2.75, 3.05) is 0 Å². The summed E-state index contributed by atoms with van der Waals surface area (Å²) in [5.74, 6) is -1.18. The second-order valence-corrected chi connectivity index (χ2v) is 7.93. The Morgan fingerprint density at radius 1 is 1.24 bits per heavy atom. The fourth-order valence-electron chi connectivity index (χ4n) is 3.67. The lowest BCUT2D eigenvalue weighted by atomic mass is 9.98. The first-order valence-corrected chi connectivity index (χ1v) is 10.5. The molecule has 0 spiro atoms. The van der Waals surface area contributed by atoms with Crippen molar-refractivity contribution >= 4 is 16.9 Å². The third-order valence-corrected chi connectivity index (χ3v) is 5.44. The van der Waals surface area contributed by atoms with Gasteiger partial charge in [-0.2, -0.15) is 0 Å². The predicted molar refractivity (Wildman–Crippen MR) is 129 cm³/mol. The Hall–Kier alpha value is -3.93. The Bertz CT molecular complexity index is 1360. The number of benzene rings is 2. The van der Waals surface area contributed by atoms with Crippen LogP contribution in [0.4, 0.5) is 4.39 Å². The number of nitrogens with one attached hydrogen (secondary N) is 1. The first-order chi connectivity index (χ1) is 15.6. The molecule has 2 N–H and O–H groups in total. The van der Waals surface area contributed by atoms with E-state index in [1.165, 1.54) is 19.1 Å². The van der Waals surface area contributed by atoms with Crippen LogP contribution in [0.15, 0.2) is 81.7 Å². The molecule has 3 aromatic rings. The summed E-state index contributed by atoms with van der Waals surface area (Å²) < 4.78 is 20.1. The molecule has 1 aromatic heterocycles. The zero-order valence-corrected chi connectivity index (χ0v) is 19.0. The zero-order chi connectivity index (χ0) is 24.3. The van der Waals surface area contributed by atoms with E-state index in [1.807, 2.05) is 19.9 Å². The van der Waals surface area contributed by atoms with Crippen LogP contribution in [0.5, 0.6) is 0 Å². The Labute approximate surface area is 191 Å². The SMILES string of the molecule is C=C/C=C\C(NC(C)c1cc(C)cc2c(=O)c(C)c(-c3cccc(F)c3)oc12)=C(/C)C(=O)O. The van der Waals surface area contributed by atoms with E-state index in [9.17, 15) is 19.1 Å². The average Bonchev–Trinajstić information content (AvgIpc) is 2.78. The summed E-state index contributed by atoms with van der Waals surface area (Å²) in [6.45, 7) is 10.5. The summed E-state index contributed by atoms with van der Waals surface area (Å²) in [7, 11) is 0. The molecule has 0 amide bonds. The van der Waals surface area contributed by atoms with Gasteiger partial charge in [-0.1, -0.05) is 36.9 Å². The van der Waals surface area contributed by atoms with E-state index < -0.39 is 17.8 Å². The van der Waals surface area contributed by atoms with E-state index >= 15 is 0 Å². The molecule has 0 aliphatic heterocycles. The number of rotatable bonds is 7. The van der Waals surface area contributed by atoms with Crippen molar-refractivity contribution in [2.24, 2.45) is 0 Å². The molecule has 1 heterocycles. The minimum absolute atomic E-state index is 0.134. The number of carboxylic acid groups (broad SMARTS) is 1. The maximum Gasteiger partial charge on any atom is 0.333 e. The molecule has 0 saturated carbocycles. The van der Waals surface area contributed by atoms with Gasteiger partial charge in [0.1, 0.15) is 17.2 Å². The number of halogens is 1. The van der Waals surface area contributed by atoms with Gasteiger partial charge >= 0.3 is 5.97 Å². The van der Waals surface area contributed by atoms with Crippen LogP contribution >= 0.6 is 0 Å². The van der Waals surface area contributed by atoms with Crippen LogP contribution in [-0.2, 0) is 4.79 Å². The van der Waals surface area contributed by atoms with Crippen molar-refractivity contribution in [3.05, 3.63) is 105 Å². The van der Waals surface area contributed by atoms with E-state index in [2.05, 4.69) is 11.9 Å².